The van der Waals surface area contributed by atoms with Gasteiger partial charge in [-0.2, -0.15) is 0 Å². The molecule has 3 N–H and O–H groups in total. The second-order valence-corrected chi connectivity index (χ2v) is 5.58. The smallest absolute Gasteiger partial charge is 0.317 e. The topological polar surface area (TPSA) is 76.0 Å². The number of aromatic hydroxyl groups is 2. The highest BCUT2D eigenvalue weighted by Crippen LogP contribution is 2.22. The van der Waals surface area contributed by atoms with Gasteiger partial charge in [-0.25, -0.2) is 4.79 Å². The number of carbonyl (C=O) groups is 1. The number of amides is 2. The lowest BCUT2D eigenvalue weighted by Crippen LogP contribution is -2.42. The lowest BCUT2D eigenvalue weighted by atomic mass is 10.2. The molecule has 6 heteroatoms. The van der Waals surface area contributed by atoms with Crippen LogP contribution in [0.2, 0.25) is 0 Å². The van der Waals surface area contributed by atoms with Crippen LogP contribution in [-0.2, 0) is 6.54 Å². The Morgan fingerprint density at radius 2 is 2.09 bits per heavy atom. The van der Waals surface area contributed by atoms with Crippen molar-refractivity contribution in [3.63, 3.8) is 0 Å². The van der Waals surface area contributed by atoms with Gasteiger partial charge in [0.2, 0.25) is 0 Å². The summed E-state index contributed by atoms with van der Waals surface area (Å²) in [5.41, 5.74) is 0.589. The largest absolute Gasteiger partial charge is 0.508 e. The Hall–Kier alpha value is -1.95. The number of nitrogens with zero attached hydrogens (tertiary/aromatic N) is 2. The number of rotatable bonds is 5. The molecular weight excluding hydrogens is 282 g/mol. The number of likely N-dealkylation sites (N-methyl/N-ethyl adjacent to an activating group) is 1. The second-order valence-electron chi connectivity index (χ2n) is 5.58. The molecule has 1 heterocycles. The number of phenols is 2. The van der Waals surface area contributed by atoms with E-state index in [1.807, 2.05) is 4.90 Å². The van der Waals surface area contributed by atoms with Crippen LogP contribution < -0.4 is 5.32 Å². The predicted molar refractivity (Wildman–Crippen MR) is 84.9 cm³/mol. The van der Waals surface area contributed by atoms with E-state index in [0.717, 1.165) is 32.6 Å². The summed E-state index contributed by atoms with van der Waals surface area (Å²) in [6.07, 6.45) is 1.000. The second kappa shape index (κ2) is 7.35. The van der Waals surface area contributed by atoms with Crippen molar-refractivity contribution < 1.29 is 15.0 Å². The maximum absolute atomic E-state index is 12.2. The molecule has 1 unspecified atom stereocenters. The summed E-state index contributed by atoms with van der Waals surface area (Å²) in [6.45, 7) is 8.02. The van der Waals surface area contributed by atoms with Crippen LogP contribution >= 0.6 is 0 Å². The average molecular weight is 307 g/mol. The van der Waals surface area contributed by atoms with E-state index in [9.17, 15) is 15.0 Å². The molecule has 1 saturated heterocycles. The van der Waals surface area contributed by atoms with Crippen LogP contribution in [0.25, 0.3) is 0 Å². The lowest BCUT2D eigenvalue weighted by Gasteiger charge is -2.26. The molecule has 1 aliphatic rings. The summed E-state index contributed by atoms with van der Waals surface area (Å²) in [5.74, 6) is -0.00285. The Balaban J connectivity index is 1.85. The van der Waals surface area contributed by atoms with Crippen molar-refractivity contribution in [2.75, 3.05) is 26.2 Å². The predicted octanol–water partition coefficient (Wildman–Crippen LogP) is 1.72. The number of likely N-dealkylation sites (tertiary alicyclic amines) is 1. The number of carbonyl (C=O) groups excluding carboxylic acids is 1. The number of hydrogen-bond acceptors (Lipinski definition) is 4. The molecule has 22 heavy (non-hydrogen) atoms. The minimum absolute atomic E-state index is 0.00850. The Morgan fingerprint density at radius 1 is 1.36 bits per heavy atom. The average Bonchev–Trinajstić information content (AvgIpc) is 2.97. The maximum Gasteiger partial charge on any atom is 0.317 e. The fourth-order valence-corrected chi connectivity index (χ4v) is 2.95. The Bertz CT molecular complexity index is 517. The van der Waals surface area contributed by atoms with Crippen LogP contribution in [0, 0.1) is 0 Å². The van der Waals surface area contributed by atoms with Gasteiger partial charge in [0, 0.05) is 37.3 Å². The van der Waals surface area contributed by atoms with Gasteiger partial charge in [-0.1, -0.05) is 13.8 Å². The number of nitrogens with one attached hydrogen (secondary N) is 1. The molecule has 6 nitrogen and oxygen atoms in total. The molecule has 0 aromatic heterocycles. The molecule has 1 fully saturated rings. The minimum atomic E-state index is -0.109. The highest BCUT2D eigenvalue weighted by atomic mass is 16.3. The van der Waals surface area contributed by atoms with Crippen molar-refractivity contribution in [2.45, 2.75) is 32.9 Å². The molecule has 1 aromatic rings. The third-order valence-corrected chi connectivity index (χ3v) is 4.28. The molecule has 1 atom stereocenters. The lowest BCUT2D eigenvalue weighted by molar-refractivity contribution is 0.192. The Kier molecular flexibility index (Phi) is 5.49. The molecule has 122 valence electrons. The van der Waals surface area contributed by atoms with Gasteiger partial charge in [-0.3, -0.25) is 4.90 Å². The Morgan fingerprint density at radius 3 is 2.73 bits per heavy atom. The van der Waals surface area contributed by atoms with E-state index in [1.165, 1.54) is 12.1 Å². The van der Waals surface area contributed by atoms with E-state index in [1.54, 1.807) is 6.07 Å². The fraction of sp³-hybridized carbons (Fsp3) is 0.562. The van der Waals surface area contributed by atoms with E-state index >= 15 is 0 Å². The zero-order valence-corrected chi connectivity index (χ0v) is 13.2. The normalized spacial score (nSPS) is 18.0. The number of benzene rings is 1. The number of phenolic OH excluding ortho intramolecular Hbond substituents is 2. The van der Waals surface area contributed by atoms with Gasteiger partial charge >= 0.3 is 6.03 Å². The summed E-state index contributed by atoms with van der Waals surface area (Å²) < 4.78 is 0. The van der Waals surface area contributed by atoms with Crippen molar-refractivity contribution in [3.8, 4) is 11.5 Å². The quantitative estimate of drug-likeness (QED) is 0.774. The van der Waals surface area contributed by atoms with Crippen LogP contribution in [0.4, 0.5) is 4.79 Å². The molecule has 0 saturated carbocycles. The van der Waals surface area contributed by atoms with Crippen molar-refractivity contribution >= 4 is 6.03 Å². The summed E-state index contributed by atoms with van der Waals surface area (Å²) >= 11 is 0. The van der Waals surface area contributed by atoms with E-state index in [-0.39, 0.29) is 24.1 Å². The summed E-state index contributed by atoms with van der Waals surface area (Å²) in [4.78, 5) is 16.4. The van der Waals surface area contributed by atoms with Gasteiger partial charge in [0.05, 0.1) is 0 Å². The van der Waals surface area contributed by atoms with E-state index in [2.05, 4.69) is 24.1 Å². The molecular formula is C16H25N3O3. The van der Waals surface area contributed by atoms with Crippen LogP contribution in [0.15, 0.2) is 18.2 Å². The summed E-state index contributed by atoms with van der Waals surface area (Å²) in [5, 5.41) is 21.8. The molecule has 0 aliphatic carbocycles. The molecule has 2 amide bonds. The minimum Gasteiger partial charge on any atom is -0.508 e. The van der Waals surface area contributed by atoms with Crippen LogP contribution in [0.1, 0.15) is 25.8 Å². The van der Waals surface area contributed by atoms with Gasteiger partial charge in [0.15, 0.2) is 0 Å². The molecule has 0 spiro atoms. The highest BCUT2D eigenvalue weighted by Gasteiger charge is 2.28. The zero-order chi connectivity index (χ0) is 16.1. The van der Waals surface area contributed by atoms with Crippen LogP contribution in [0.3, 0.4) is 0 Å². The molecule has 2 rings (SSSR count). The highest BCUT2D eigenvalue weighted by molar-refractivity contribution is 5.74. The van der Waals surface area contributed by atoms with Crippen molar-refractivity contribution in [1.29, 1.82) is 0 Å². The summed E-state index contributed by atoms with van der Waals surface area (Å²) in [7, 11) is 0. The first kappa shape index (κ1) is 16.4. The molecule has 1 aliphatic heterocycles. The Labute approximate surface area is 131 Å². The first-order valence-corrected chi connectivity index (χ1v) is 7.82. The van der Waals surface area contributed by atoms with Gasteiger partial charge in [-0.05, 0) is 31.6 Å². The molecule has 0 radical (unpaired) electrons. The van der Waals surface area contributed by atoms with Crippen molar-refractivity contribution in [1.82, 2.24) is 15.1 Å². The van der Waals surface area contributed by atoms with Crippen molar-refractivity contribution in [3.05, 3.63) is 23.8 Å². The maximum atomic E-state index is 12.2. The first-order valence-electron chi connectivity index (χ1n) is 7.82. The van der Waals surface area contributed by atoms with E-state index in [4.69, 9.17) is 0 Å². The van der Waals surface area contributed by atoms with Gasteiger partial charge in [-0.15, -0.1) is 0 Å². The van der Waals surface area contributed by atoms with Gasteiger partial charge < -0.3 is 20.4 Å². The van der Waals surface area contributed by atoms with Gasteiger partial charge in [0.25, 0.3) is 0 Å². The first-order chi connectivity index (χ1) is 10.5. The molecule has 1 aromatic carbocycles. The number of hydrogen-bond donors (Lipinski definition) is 3. The van der Waals surface area contributed by atoms with E-state index in [0.29, 0.717) is 11.6 Å². The van der Waals surface area contributed by atoms with Crippen LogP contribution in [-0.4, -0.2) is 58.3 Å². The fourth-order valence-electron chi connectivity index (χ4n) is 2.95. The number of urea groups is 1. The van der Waals surface area contributed by atoms with E-state index < -0.39 is 0 Å². The van der Waals surface area contributed by atoms with Crippen LogP contribution in [0.5, 0.6) is 11.5 Å². The molecule has 0 bridgehead atoms. The monoisotopic (exact) mass is 307 g/mol. The zero-order valence-electron chi connectivity index (χ0n) is 13.2. The standard InChI is InChI=1S/C16H25N3O3/c1-3-18(4-2)13-7-8-19(11-13)16(22)17-10-12-5-6-14(20)9-15(12)21/h5-6,9,13,20-21H,3-4,7-8,10-11H2,1-2H3,(H,17,22). The SMILES string of the molecule is CCN(CC)C1CCN(C(=O)NCc2ccc(O)cc2O)C1. The third-order valence-electron chi connectivity index (χ3n) is 4.28. The third kappa shape index (κ3) is 3.82. The summed E-state index contributed by atoms with van der Waals surface area (Å²) in [6, 6.07) is 4.69. The van der Waals surface area contributed by atoms with Crippen molar-refractivity contribution in [2.24, 2.45) is 0 Å². The van der Waals surface area contributed by atoms with Gasteiger partial charge in [0.1, 0.15) is 11.5 Å².